The third-order valence-corrected chi connectivity index (χ3v) is 2.47. The summed E-state index contributed by atoms with van der Waals surface area (Å²) in [4.78, 5) is 0. The molecule has 0 aliphatic carbocycles. The molecular formula is C12H27NO. The van der Waals surface area contributed by atoms with Crippen molar-refractivity contribution in [3.63, 3.8) is 0 Å². The Hall–Kier alpha value is -0.0800. The molecule has 2 N–H and O–H groups in total. The van der Waals surface area contributed by atoms with Gasteiger partial charge in [0.1, 0.15) is 6.23 Å². The van der Waals surface area contributed by atoms with Crippen molar-refractivity contribution in [3.05, 3.63) is 0 Å². The van der Waals surface area contributed by atoms with Crippen LogP contribution in [0, 0.1) is 0 Å². The van der Waals surface area contributed by atoms with Gasteiger partial charge in [0.15, 0.2) is 0 Å². The topological polar surface area (TPSA) is 32.3 Å². The molecule has 0 aromatic carbocycles. The van der Waals surface area contributed by atoms with Gasteiger partial charge in [-0.3, -0.25) is 5.32 Å². The van der Waals surface area contributed by atoms with E-state index in [2.05, 4.69) is 12.2 Å². The average molecular weight is 201 g/mol. The normalized spacial score (nSPS) is 13.1. The lowest BCUT2D eigenvalue weighted by molar-refractivity contribution is 0.156. The first-order valence-corrected chi connectivity index (χ1v) is 6.18. The molecule has 0 heterocycles. The van der Waals surface area contributed by atoms with Crippen molar-refractivity contribution in [3.8, 4) is 0 Å². The molecule has 0 amide bonds. The second-order valence-electron chi connectivity index (χ2n) is 4.10. The van der Waals surface area contributed by atoms with E-state index in [-0.39, 0.29) is 6.23 Å². The monoisotopic (exact) mass is 201 g/mol. The zero-order valence-corrected chi connectivity index (χ0v) is 9.89. The van der Waals surface area contributed by atoms with Crippen molar-refractivity contribution in [2.75, 3.05) is 6.54 Å². The molecule has 0 saturated carbocycles. The summed E-state index contributed by atoms with van der Waals surface area (Å²) in [5.41, 5.74) is 0. The first kappa shape index (κ1) is 13.9. The molecule has 2 heteroatoms. The average Bonchev–Trinajstić information content (AvgIpc) is 2.15. The Morgan fingerprint density at radius 3 is 1.93 bits per heavy atom. The number of aliphatic hydroxyl groups excluding tert-OH is 1. The van der Waals surface area contributed by atoms with Crippen LogP contribution in [0.3, 0.4) is 0 Å². The number of unbranched alkanes of at least 4 members (excludes halogenated alkanes) is 7. The molecule has 0 bridgehead atoms. The Labute approximate surface area is 89.1 Å². The highest BCUT2D eigenvalue weighted by Gasteiger charge is 1.93. The lowest BCUT2D eigenvalue weighted by atomic mass is 10.1. The summed E-state index contributed by atoms with van der Waals surface area (Å²) in [6.07, 6.45) is 10.4. The Kier molecular flexibility index (Phi) is 10.9. The van der Waals surface area contributed by atoms with Crippen LogP contribution in [-0.2, 0) is 0 Å². The van der Waals surface area contributed by atoms with E-state index < -0.39 is 0 Å². The molecule has 0 aliphatic rings. The summed E-state index contributed by atoms with van der Waals surface area (Å²) >= 11 is 0. The Bertz CT molecular complexity index is 104. The standard InChI is InChI=1S/C12H27NO/c1-3-4-5-6-7-8-9-10-11-13-12(2)14/h12-14H,3-11H2,1-2H3/t12-/m0/s1. The predicted molar refractivity (Wildman–Crippen MR) is 62.3 cm³/mol. The summed E-state index contributed by atoms with van der Waals surface area (Å²) in [5.74, 6) is 0. The Morgan fingerprint density at radius 1 is 0.929 bits per heavy atom. The number of rotatable bonds is 10. The van der Waals surface area contributed by atoms with Gasteiger partial charge in [0.2, 0.25) is 0 Å². The molecule has 0 aliphatic heterocycles. The zero-order valence-electron chi connectivity index (χ0n) is 9.89. The van der Waals surface area contributed by atoms with E-state index in [4.69, 9.17) is 5.11 Å². The van der Waals surface area contributed by atoms with E-state index in [9.17, 15) is 0 Å². The molecule has 0 rings (SSSR count). The molecule has 86 valence electrons. The van der Waals surface area contributed by atoms with Gasteiger partial charge < -0.3 is 5.11 Å². The number of hydrogen-bond donors (Lipinski definition) is 2. The number of hydrogen-bond acceptors (Lipinski definition) is 2. The lowest BCUT2D eigenvalue weighted by Crippen LogP contribution is -2.26. The summed E-state index contributed by atoms with van der Waals surface area (Å²) in [7, 11) is 0. The highest BCUT2D eigenvalue weighted by molar-refractivity contribution is 4.49. The van der Waals surface area contributed by atoms with E-state index in [0.717, 1.165) is 6.54 Å². The van der Waals surface area contributed by atoms with Crippen molar-refractivity contribution < 1.29 is 5.11 Å². The van der Waals surface area contributed by atoms with E-state index in [0.29, 0.717) is 0 Å². The van der Waals surface area contributed by atoms with E-state index >= 15 is 0 Å². The molecule has 0 saturated heterocycles. The van der Waals surface area contributed by atoms with Gasteiger partial charge in [-0.25, -0.2) is 0 Å². The highest BCUT2D eigenvalue weighted by atomic mass is 16.3. The van der Waals surface area contributed by atoms with Crippen LogP contribution in [0.4, 0.5) is 0 Å². The zero-order chi connectivity index (χ0) is 10.6. The van der Waals surface area contributed by atoms with Gasteiger partial charge in [-0.2, -0.15) is 0 Å². The molecule has 0 spiro atoms. The summed E-state index contributed by atoms with van der Waals surface area (Å²) in [6.45, 7) is 4.97. The lowest BCUT2D eigenvalue weighted by Gasteiger charge is -2.06. The first-order chi connectivity index (χ1) is 6.77. The maximum Gasteiger partial charge on any atom is 0.102 e. The minimum Gasteiger partial charge on any atom is -0.379 e. The molecule has 2 nitrogen and oxygen atoms in total. The smallest absolute Gasteiger partial charge is 0.102 e. The van der Waals surface area contributed by atoms with Crippen molar-refractivity contribution in [1.82, 2.24) is 5.32 Å². The van der Waals surface area contributed by atoms with Gasteiger partial charge >= 0.3 is 0 Å². The largest absolute Gasteiger partial charge is 0.379 e. The molecule has 0 aromatic rings. The predicted octanol–water partition coefficient (Wildman–Crippen LogP) is 3.06. The van der Waals surface area contributed by atoms with E-state index in [1.54, 1.807) is 6.92 Å². The Morgan fingerprint density at radius 2 is 1.43 bits per heavy atom. The SMILES string of the molecule is CCCCCCCCCCN[C@H](C)O. The van der Waals surface area contributed by atoms with Crippen molar-refractivity contribution >= 4 is 0 Å². The second kappa shape index (κ2) is 11.0. The van der Waals surface area contributed by atoms with Gasteiger partial charge in [0, 0.05) is 0 Å². The van der Waals surface area contributed by atoms with E-state index in [1.807, 2.05) is 0 Å². The van der Waals surface area contributed by atoms with Crippen LogP contribution in [-0.4, -0.2) is 17.9 Å². The molecular weight excluding hydrogens is 174 g/mol. The van der Waals surface area contributed by atoms with Gasteiger partial charge in [-0.05, 0) is 19.9 Å². The fourth-order valence-electron chi connectivity index (χ4n) is 1.57. The van der Waals surface area contributed by atoms with Crippen LogP contribution in [0.25, 0.3) is 0 Å². The molecule has 0 fully saturated rings. The quantitative estimate of drug-likeness (QED) is 0.420. The van der Waals surface area contributed by atoms with Crippen LogP contribution >= 0.6 is 0 Å². The number of aliphatic hydroxyl groups is 1. The van der Waals surface area contributed by atoms with E-state index in [1.165, 1.54) is 51.4 Å². The molecule has 0 unspecified atom stereocenters. The number of nitrogens with one attached hydrogen (secondary N) is 1. The molecule has 0 radical (unpaired) electrons. The van der Waals surface area contributed by atoms with Crippen LogP contribution < -0.4 is 5.32 Å². The summed E-state index contributed by atoms with van der Waals surface area (Å²) < 4.78 is 0. The van der Waals surface area contributed by atoms with Crippen LogP contribution in [0.1, 0.15) is 65.2 Å². The third kappa shape index (κ3) is 11.9. The Balaban J connectivity index is 2.85. The maximum atomic E-state index is 8.94. The van der Waals surface area contributed by atoms with Gasteiger partial charge in [0.05, 0.1) is 0 Å². The van der Waals surface area contributed by atoms with Crippen molar-refractivity contribution in [2.45, 2.75) is 71.4 Å². The fourth-order valence-corrected chi connectivity index (χ4v) is 1.57. The summed E-state index contributed by atoms with van der Waals surface area (Å²) in [6, 6.07) is 0. The van der Waals surface area contributed by atoms with Crippen LogP contribution in [0.2, 0.25) is 0 Å². The van der Waals surface area contributed by atoms with Crippen LogP contribution in [0.5, 0.6) is 0 Å². The minimum absolute atomic E-state index is 0.348. The van der Waals surface area contributed by atoms with Crippen molar-refractivity contribution in [2.24, 2.45) is 0 Å². The first-order valence-electron chi connectivity index (χ1n) is 6.18. The second-order valence-corrected chi connectivity index (χ2v) is 4.10. The minimum atomic E-state index is -0.348. The fraction of sp³-hybridized carbons (Fsp3) is 1.00. The highest BCUT2D eigenvalue weighted by Crippen LogP contribution is 2.07. The van der Waals surface area contributed by atoms with Crippen LogP contribution in [0.15, 0.2) is 0 Å². The molecule has 1 atom stereocenters. The van der Waals surface area contributed by atoms with Gasteiger partial charge in [0.25, 0.3) is 0 Å². The maximum absolute atomic E-state index is 8.94. The van der Waals surface area contributed by atoms with Gasteiger partial charge in [-0.15, -0.1) is 0 Å². The molecule has 0 aromatic heterocycles. The third-order valence-electron chi connectivity index (χ3n) is 2.47. The molecule has 14 heavy (non-hydrogen) atoms. The van der Waals surface area contributed by atoms with Gasteiger partial charge in [-0.1, -0.05) is 51.9 Å². The van der Waals surface area contributed by atoms with Crippen molar-refractivity contribution in [1.29, 1.82) is 0 Å². The summed E-state index contributed by atoms with van der Waals surface area (Å²) in [5, 5.41) is 12.0.